The molecule has 2 saturated carbocycles. The number of aromatic nitrogens is 4. The molecule has 196 valence electrons. The molecule has 0 amide bonds. The van der Waals surface area contributed by atoms with Gasteiger partial charge in [0.15, 0.2) is 5.65 Å². The van der Waals surface area contributed by atoms with Crippen LogP contribution >= 0.6 is 0 Å². The zero-order chi connectivity index (χ0) is 25.9. The van der Waals surface area contributed by atoms with E-state index in [1.54, 1.807) is 15.2 Å². The van der Waals surface area contributed by atoms with Crippen LogP contribution in [0.1, 0.15) is 98.0 Å². The van der Waals surface area contributed by atoms with Crippen molar-refractivity contribution in [1.82, 2.24) is 19.1 Å². The van der Waals surface area contributed by atoms with E-state index < -0.39 is 5.92 Å². The Balaban J connectivity index is 1.39. The van der Waals surface area contributed by atoms with Gasteiger partial charge in [-0.25, -0.2) is 18.7 Å². The van der Waals surface area contributed by atoms with E-state index in [1.807, 2.05) is 32.2 Å². The molecule has 3 fully saturated rings. The molecular weight excluding hydrogens is 478 g/mol. The van der Waals surface area contributed by atoms with E-state index in [0.717, 1.165) is 29.8 Å². The number of fused-ring (bicyclic) bond motifs is 1. The summed E-state index contributed by atoms with van der Waals surface area (Å²) >= 11 is 0. The number of pyridine rings is 2. The lowest BCUT2D eigenvalue weighted by Crippen LogP contribution is -2.35. The summed E-state index contributed by atoms with van der Waals surface area (Å²) in [5, 5.41) is 0. The van der Waals surface area contributed by atoms with Crippen molar-refractivity contribution in [2.45, 2.75) is 95.2 Å². The van der Waals surface area contributed by atoms with E-state index in [2.05, 4.69) is 0 Å². The van der Waals surface area contributed by atoms with Crippen LogP contribution in [0.5, 0.6) is 0 Å². The first-order valence-electron chi connectivity index (χ1n) is 13.3. The molecule has 2 aliphatic carbocycles. The number of ether oxygens (including phenoxy) is 1. The van der Waals surface area contributed by atoms with E-state index in [1.165, 1.54) is 0 Å². The molecule has 6 rings (SSSR count). The van der Waals surface area contributed by atoms with Gasteiger partial charge in [-0.05, 0) is 76.0 Å². The Kier molecular flexibility index (Phi) is 6.01. The van der Waals surface area contributed by atoms with Crippen LogP contribution in [0.4, 0.5) is 8.78 Å². The van der Waals surface area contributed by atoms with Gasteiger partial charge in [0.1, 0.15) is 5.52 Å². The van der Waals surface area contributed by atoms with Gasteiger partial charge in [0.2, 0.25) is 5.92 Å². The lowest BCUT2D eigenvalue weighted by Gasteiger charge is -2.33. The fourth-order valence-electron chi connectivity index (χ4n) is 5.90. The molecule has 3 aliphatic rings. The summed E-state index contributed by atoms with van der Waals surface area (Å²) in [5.74, 6) is -2.76. The van der Waals surface area contributed by atoms with Gasteiger partial charge in [-0.2, -0.15) is 0 Å². The molecule has 4 heterocycles. The number of hydrogen-bond donors (Lipinski definition) is 0. The van der Waals surface area contributed by atoms with Gasteiger partial charge in [-0.3, -0.25) is 14.2 Å². The molecule has 0 spiro atoms. The van der Waals surface area contributed by atoms with E-state index in [-0.39, 0.29) is 60.9 Å². The smallest absolute Gasteiger partial charge is 0.256 e. The normalized spacial score (nSPS) is 24.4. The van der Waals surface area contributed by atoms with Crippen LogP contribution in [-0.4, -0.2) is 31.6 Å². The van der Waals surface area contributed by atoms with Gasteiger partial charge >= 0.3 is 0 Å². The molecule has 3 aromatic heterocycles. The first-order chi connectivity index (χ1) is 17.7. The summed E-state index contributed by atoms with van der Waals surface area (Å²) in [6, 6.07) is 5.22. The highest BCUT2D eigenvalue weighted by Crippen LogP contribution is 2.41. The zero-order valence-corrected chi connectivity index (χ0v) is 21.3. The monoisotopic (exact) mass is 510 g/mol. The number of hydrogen-bond acceptors (Lipinski definition) is 5. The third-order valence-electron chi connectivity index (χ3n) is 8.35. The summed E-state index contributed by atoms with van der Waals surface area (Å²) < 4.78 is 37.5. The van der Waals surface area contributed by atoms with Crippen LogP contribution in [0.2, 0.25) is 0 Å². The molecule has 2 atom stereocenters. The number of nitrogens with zero attached hydrogens (tertiary/aromatic N) is 4. The Hall–Kier alpha value is -2.94. The van der Waals surface area contributed by atoms with Gasteiger partial charge in [0, 0.05) is 49.4 Å². The molecule has 37 heavy (non-hydrogen) atoms. The molecule has 0 unspecified atom stereocenters. The van der Waals surface area contributed by atoms with Crippen LogP contribution < -0.4 is 11.1 Å². The van der Waals surface area contributed by atoms with Crippen molar-refractivity contribution in [3.05, 3.63) is 67.6 Å². The first kappa shape index (κ1) is 24.4. The van der Waals surface area contributed by atoms with Crippen LogP contribution in [0.3, 0.4) is 0 Å². The molecule has 0 N–H and O–H groups in total. The highest BCUT2D eigenvalue weighted by Gasteiger charge is 2.37. The minimum absolute atomic E-state index is 0.00155. The fraction of sp³-hybridized carbons (Fsp3) is 0.571. The highest BCUT2D eigenvalue weighted by atomic mass is 19.3. The van der Waals surface area contributed by atoms with Crippen LogP contribution in [0.25, 0.3) is 11.2 Å². The molecule has 3 aromatic rings. The maximum Gasteiger partial charge on any atom is 0.256 e. The van der Waals surface area contributed by atoms with E-state index >= 15 is 0 Å². The van der Waals surface area contributed by atoms with Crippen molar-refractivity contribution in [2.24, 2.45) is 0 Å². The predicted octanol–water partition coefficient (Wildman–Crippen LogP) is 5.29. The lowest BCUT2D eigenvalue weighted by molar-refractivity contribution is -0.0439. The van der Waals surface area contributed by atoms with Crippen molar-refractivity contribution < 1.29 is 13.5 Å². The molecule has 1 aliphatic heterocycles. The summed E-state index contributed by atoms with van der Waals surface area (Å²) in [7, 11) is 0. The van der Waals surface area contributed by atoms with E-state index in [0.29, 0.717) is 36.2 Å². The lowest BCUT2D eigenvalue weighted by atomic mass is 9.86. The standard InChI is InChI=1S/C28H32F2N4O3/c1-16-17(2)32-26-23(31-16)14-22(27(36)34(26)21-7-10-28(29,30)11-8-21)18-9-12-37-24(13-18)19-3-6-25(35)33(15-19)20-4-5-20/h3,6,14-15,18,20-21,24H,4-5,7-13H2,1-2H3/t18-,24+/m0/s1. The third-order valence-corrected chi connectivity index (χ3v) is 8.35. The third kappa shape index (κ3) is 4.62. The van der Waals surface area contributed by atoms with Crippen LogP contribution in [0, 0.1) is 13.8 Å². The summed E-state index contributed by atoms with van der Waals surface area (Å²) in [6.45, 7) is 4.23. The van der Waals surface area contributed by atoms with Gasteiger partial charge in [-0.1, -0.05) is 0 Å². The van der Waals surface area contributed by atoms with Crippen molar-refractivity contribution >= 4 is 11.2 Å². The second-order valence-corrected chi connectivity index (χ2v) is 11.0. The van der Waals surface area contributed by atoms with Gasteiger partial charge < -0.3 is 9.30 Å². The largest absolute Gasteiger partial charge is 0.373 e. The topological polar surface area (TPSA) is 79.0 Å². The van der Waals surface area contributed by atoms with Crippen molar-refractivity contribution in [3.63, 3.8) is 0 Å². The highest BCUT2D eigenvalue weighted by molar-refractivity contribution is 5.72. The minimum Gasteiger partial charge on any atom is -0.373 e. The van der Waals surface area contributed by atoms with Crippen molar-refractivity contribution in [1.29, 1.82) is 0 Å². The van der Waals surface area contributed by atoms with Gasteiger partial charge in [0.25, 0.3) is 11.1 Å². The average molecular weight is 511 g/mol. The number of rotatable bonds is 4. The molecule has 7 nitrogen and oxygen atoms in total. The number of alkyl halides is 2. The first-order valence-corrected chi connectivity index (χ1v) is 13.3. The summed E-state index contributed by atoms with van der Waals surface area (Å²) in [4.78, 5) is 35.7. The molecule has 0 bridgehead atoms. The molecule has 0 aromatic carbocycles. The number of halogens is 2. The Morgan fingerprint density at radius 2 is 1.70 bits per heavy atom. The van der Waals surface area contributed by atoms with Gasteiger partial charge in [-0.15, -0.1) is 0 Å². The quantitative estimate of drug-likeness (QED) is 0.477. The molecular formula is C28H32F2N4O3. The minimum atomic E-state index is -2.68. The van der Waals surface area contributed by atoms with Crippen LogP contribution in [-0.2, 0) is 4.74 Å². The Labute approximate surface area is 213 Å². The second-order valence-electron chi connectivity index (χ2n) is 11.0. The maximum absolute atomic E-state index is 14.0. The predicted molar refractivity (Wildman–Crippen MR) is 135 cm³/mol. The summed E-state index contributed by atoms with van der Waals surface area (Å²) in [6.07, 6.45) is 5.00. The van der Waals surface area contributed by atoms with Crippen molar-refractivity contribution in [3.8, 4) is 0 Å². The maximum atomic E-state index is 14.0. The molecule has 9 heteroatoms. The number of aryl methyl sites for hydroxylation is 2. The van der Waals surface area contributed by atoms with Gasteiger partial charge in [0.05, 0.1) is 17.5 Å². The zero-order valence-electron chi connectivity index (χ0n) is 21.3. The Morgan fingerprint density at radius 1 is 0.973 bits per heavy atom. The van der Waals surface area contributed by atoms with Crippen molar-refractivity contribution in [2.75, 3.05) is 6.61 Å². The van der Waals surface area contributed by atoms with Crippen LogP contribution in [0.15, 0.2) is 34.0 Å². The fourth-order valence-corrected chi connectivity index (χ4v) is 5.90. The summed E-state index contributed by atoms with van der Waals surface area (Å²) in [5.41, 5.74) is 4.04. The SMILES string of the molecule is Cc1nc2cc([C@H]3CCO[C@@H](c4ccc(=O)n(C5CC5)c4)C3)c(=O)n(C3CCC(F)(F)CC3)c2nc1C. The van der Waals surface area contributed by atoms with E-state index in [9.17, 15) is 18.4 Å². The molecule has 0 radical (unpaired) electrons. The Morgan fingerprint density at radius 3 is 2.43 bits per heavy atom. The Bertz CT molecular complexity index is 1470. The second kappa shape index (κ2) is 9.11. The van der Waals surface area contributed by atoms with E-state index in [4.69, 9.17) is 14.7 Å². The average Bonchev–Trinajstić information content (AvgIpc) is 3.71. The molecule has 1 saturated heterocycles.